The zero-order chi connectivity index (χ0) is 6.12. The average molecular weight is 117 g/mol. The van der Waals surface area contributed by atoms with Crippen LogP contribution >= 0.6 is 11.9 Å². The summed E-state index contributed by atoms with van der Waals surface area (Å²) in [5, 5.41) is 0. The first kappa shape index (κ1) is 9.90. The fourth-order valence-corrected chi connectivity index (χ4v) is 0.274. The van der Waals surface area contributed by atoms with Gasteiger partial charge in [0.15, 0.2) is 0 Å². The highest BCUT2D eigenvalue weighted by atomic mass is 32.2. The summed E-state index contributed by atoms with van der Waals surface area (Å²) in [5.74, 6) is 1.03. The van der Waals surface area contributed by atoms with Gasteiger partial charge in [0.05, 0.1) is 0 Å². The minimum atomic E-state index is 1.03. The van der Waals surface area contributed by atoms with Crippen LogP contribution in [0.1, 0.15) is 6.92 Å². The fourth-order valence-electron chi connectivity index (χ4n) is 0.0913. The van der Waals surface area contributed by atoms with Crippen LogP contribution in [-0.2, 0) is 0 Å². The third kappa shape index (κ3) is 26.3. The van der Waals surface area contributed by atoms with Gasteiger partial charge in [-0.2, -0.15) is 0 Å². The molecule has 42 valence electrons. The molecule has 0 aliphatic carbocycles. The van der Waals surface area contributed by atoms with Gasteiger partial charge >= 0.3 is 0 Å². The van der Waals surface area contributed by atoms with Gasteiger partial charge in [0.1, 0.15) is 0 Å². The van der Waals surface area contributed by atoms with E-state index in [1.165, 1.54) is 11.9 Å². The highest BCUT2D eigenvalue weighted by molar-refractivity contribution is 7.98. The highest BCUT2D eigenvalue weighted by Crippen LogP contribution is 1.94. The maximum atomic E-state index is 3.52. The molecule has 0 aromatic rings. The molecule has 0 N–H and O–H groups in total. The van der Waals surface area contributed by atoms with Crippen molar-refractivity contribution < 1.29 is 0 Å². The van der Waals surface area contributed by atoms with Crippen LogP contribution in [0.5, 0.6) is 0 Å². The van der Waals surface area contributed by atoms with E-state index in [0.717, 1.165) is 5.75 Å². The van der Waals surface area contributed by atoms with Crippen molar-refractivity contribution in [2.45, 2.75) is 6.92 Å². The van der Waals surface area contributed by atoms with E-state index in [2.05, 4.69) is 24.3 Å². The van der Waals surface area contributed by atoms with Gasteiger partial charge in [0.25, 0.3) is 0 Å². The Morgan fingerprint density at radius 3 is 2.00 bits per heavy atom. The van der Waals surface area contributed by atoms with E-state index in [-0.39, 0.29) is 0 Å². The molecule has 0 aromatic heterocycles. The topological polar surface area (TPSA) is 12.4 Å². The van der Waals surface area contributed by atoms with Crippen LogP contribution in [0.2, 0.25) is 0 Å². The van der Waals surface area contributed by atoms with E-state index in [4.69, 9.17) is 0 Å². The van der Waals surface area contributed by atoms with Crippen molar-refractivity contribution >= 4 is 18.7 Å². The van der Waals surface area contributed by atoms with Crippen molar-refractivity contribution in [1.82, 2.24) is 0 Å². The van der Waals surface area contributed by atoms with E-state index >= 15 is 0 Å². The van der Waals surface area contributed by atoms with E-state index in [0.29, 0.717) is 0 Å². The van der Waals surface area contributed by atoms with Gasteiger partial charge in [-0.15, -0.1) is 13.2 Å². The Labute approximate surface area is 49.7 Å². The summed E-state index contributed by atoms with van der Waals surface area (Å²) in [4.78, 5) is 0. The van der Waals surface area contributed by atoms with E-state index < -0.39 is 0 Å². The zero-order valence-corrected chi connectivity index (χ0v) is 5.50. The lowest BCUT2D eigenvalue weighted by atomic mass is 11.0. The fraction of sp³-hybridized carbons (Fsp3) is 0.400. The van der Waals surface area contributed by atoms with Crippen molar-refractivity contribution in [3.63, 3.8) is 0 Å². The molecule has 0 aromatic carbocycles. The first-order chi connectivity index (χ1) is 3.41. The van der Waals surface area contributed by atoms with Gasteiger partial charge in [0.2, 0.25) is 0 Å². The lowest BCUT2D eigenvalue weighted by Crippen LogP contribution is -1.52. The summed E-state index contributed by atoms with van der Waals surface area (Å²) in [6, 6.07) is 0. The van der Waals surface area contributed by atoms with E-state index in [1.54, 1.807) is 0 Å². The van der Waals surface area contributed by atoms with Crippen molar-refractivity contribution in [2.24, 2.45) is 4.40 Å². The maximum Gasteiger partial charge on any atom is 0.0124 e. The molecule has 0 atom stereocenters. The van der Waals surface area contributed by atoms with Crippen molar-refractivity contribution in [3.05, 3.63) is 13.2 Å². The molecular weight excluding hydrogens is 106 g/mol. The quantitative estimate of drug-likeness (QED) is 0.307. The Balaban J connectivity index is 0. The molecule has 0 aliphatic rings. The second-order valence-electron chi connectivity index (χ2n) is 0.547. The monoisotopic (exact) mass is 117 g/mol. The third-order valence-corrected chi connectivity index (χ3v) is 0.661. The van der Waals surface area contributed by atoms with Crippen molar-refractivity contribution in [2.75, 3.05) is 5.75 Å². The summed E-state index contributed by atoms with van der Waals surface area (Å²) in [5.41, 5.74) is 0. The molecule has 0 rings (SSSR count). The zero-order valence-electron chi connectivity index (χ0n) is 4.68. The Hall–Kier alpha value is -0.240. The number of rotatable bonds is 2. The van der Waals surface area contributed by atoms with Gasteiger partial charge in [-0.1, -0.05) is 6.92 Å². The SMILES string of the molecule is C=C.C=NSCC. The molecule has 0 spiro atoms. The summed E-state index contributed by atoms with van der Waals surface area (Å²) in [6.07, 6.45) is 0. The minimum Gasteiger partial charge on any atom is -0.232 e. The first-order valence-electron chi connectivity index (χ1n) is 1.99. The van der Waals surface area contributed by atoms with Crippen LogP contribution in [0.3, 0.4) is 0 Å². The second kappa shape index (κ2) is 17.1. The number of hydrogen-bond donors (Lipinski definition) is 0. The van der Waals surface area contributed by atoms with E-state index in [9.17, 15) is 0 Å². The molecule has 1 nitrogen and oxygen atoms in total. The highest BCUT2D eigenvalue weighted by Gasteiger charge is 1.62. The average Bonchev–Trinajstić information content (AvgIpc) is 1.75. The first-order valence-corrected chi connectivity index (χ1v) is 2.94. The summed E-state index contributed by atoms with van der Waals surface area (Å²) < 4.78 is 3.52. The predicted octanol–water partition coefficient (Wildman–Crippen LogP) is 2.16. The molecule has 0 saturated heterocycles. The molecule has 0 amide bonds. The van der Waals surface area contributed by atoms with Gasteiger partial charge in [-0.25, -0.2) is 4.40 Å². The molecule has 0 heterocycles. The molecule has 7 heavy (non-hydrogen) atoms. The number of hydrogen-bond acceptors (Lipinski definition) is 2. The van der Waals surface area contributed by atoms with Crippen molar-refractivity contribution in [3.8, 4) is 0 Å². The minimum absolute atomic E-state index is 1.03. The third-order valence-electron chi connectivity index (χ3n) is 0.220. The molecule has 0 bridgehead atoms. The largest absolute Gasteiger partial charge is 0.232 e. The molecule has 0 saturated carbocycles. The Bertz CT molecular complexity index is 37.1. The van der Waals surface area contributed by atoms with Gasteiger partial charge in [-0.3, -0.25) is 0 Å². The maximum absolute atomic E-state index is 3.52. The normalized spacial score (nSPS) is 5.86. The summed E-state index contributed by atoms with van der Waals surface area (Å²) >= 11 is 1.48. The van der Waals surface area contributed by atoms with Crippen LogP contribution in [0.4, 0.5) is 0 Å². The van der Waals surface area contributed by atoms with Crippen LogP contribution in [-0.4, -0.2) is 12.5 Å². The number of nitrogens with zero attached hydrogens (tertiary/aromatic N) is 1. The van der Waals surface area contributed by atoms with Gasteiger partial charge < -0.3 is 0 Å². The molecule has 2 heteroatoms. The van der Waals surface area contributed by atoms with Crippen LogP contribution in [0, 0.1) is 0 Å². The van der Waals surface area contributed by atoms with Crippen LogP contribution in [0.15, 0.2) is 17.6 Å². The van der Waals surface area contributed by atoms with E-state index in [1.807, 2.05) is 6.92 Å². The lowest BCUT2D eigenvalue weighted by molar-refractivity contribution is 1.52. The predicted molar refractivity (Wildman–Crippen MR) is 38.9 cm³/mol. The smallest absolute Gasteiger partial charge is 0.0124 e. The lowest BCUT2D eigenvalue weighted by Gasteiger charge is -1.73. The van der Waals surface area contributed by atoms with Crippen LogP contribution in [0.25, 0.3) is 0 Å². The van der Waals surface area contributed by atoms with Gasteiger partial charge in [-0.05, 0) is 18.7 Å². The Morgan fingerprint density at radius 2 is 2.00 bits per heavy atom. The molecular formula is C5H11NS. The molecule has 0 aliphatic heterocycles. The summed E-state index contributed by atoms with van der Waals surface area (Å²) in [7, 11) is 0. The van der Waals surface area contributed by atoms with Crippen LogP contribution < -0.4 is 0 Å². The molecule has 0 fully saturated rings. The summed E-state index contributed by atoms with van der Waals surface area (Å²) in [6.45, 7) is 11.3. The van der Waals surface area contributed by atoms with Gasteiger partial charge in [0, 0.05) is 5.75 Å². The van der Waals surface area contributed by atoms with Crippen molar-refractivity contribution in [1.29, 1.82) is 0 Å². The molecule has 0 unspecified atom stereocenters. The Morgan fingerprint density at radius 1 is 1.57 bits per heavy atom. The standard InChI is InChI=1S/C3H7NS.C2H4/c1-3-5-4-2;1-2/h2-3H2,1H3;1-2H2. The molecule has 0 radical (unpaired) electrons. The Kier molecular flexibility index (Phi) is 24.2. The second-order valence-corrected chi connectivity index (χ2v) is 1.64.